The van der Waals surface area contributed by atoms with Gasteiger partial charge in [-0.05, 0) is 0 Å². The van der Waals surface area contributed by atoms with E-state index in [1.807, 2.05) is 0 Å². The molecule has 0 aliphatic heterocycles. The fourth-order valence-corrected chi connectivity index (χ4v) is 1.01. The zero-order valence-electron chi connectivity index (χ0n) is 7.05. The molecule has 1 N–H and O–H groups in total. The molecule has 0 fully saturated rings. The Morgan fingerprint density at radius 1 is 1.31 bits per heavy atom. The highest BCUT2D eigenvalue weighted by molar-refractivity contribution is 7.79. The molecule has 1 rings (SSSR count). The van der Waals surface area contributed by atoms with E-state index >= 15 is 0 Å². The van der Waals surface area contributed by atoms with Gasteiger partial charge in [-0.3, -0.25) is 4.55 Å². The molecule has 0 radical (unpaired) electrons. The van der Waals surface area contributed by atoms with Crippen molar-refractivity contribution in [2.75, 3.05) is 14.2 Å². The van der Waals surface area contributed by atoms with Gasteiger partial charge in [-0.25, -0.2) is 4.21 Å². The van der Waals surface area contributed by atoms with E-state index in [4.69, 9.17) is 14.0 Å². The average Bonchev–Trinajstić information content (AvgIpc) is 2.16. The van der Waals surface area contributed by atoms with Crippen LogP contribution in [0.2, 0.25) is 0 Å². The second-order valence-corrected chi connectivity index (χ2v) is 2.85. The van der Waals surface area contributed by atoms with Crippen LogP contribution in [-0.4, -0.2) is 32.9 Å². The second kappa shape index (κ2) is 4.15. The average molecular weight is 204 g/mol. The van der Waals surface area contributed by atoms with Crippen LogP contribution in [0.4, 0.5) is 0 Å². The SMILES string of the molecule is COc1cc(OC)nc(S(=O)O)n1. The van der Waals surface area contributed by atoms with E-state index in [0.717, 1.165) is 0 Å². The minimum Gasteiger partial charge on any atom is -0.481 e. The summed E-state index contributed by atoms with van der Waals surface area (Å²) in [7, 11) is 2.79. The van der Waals surface area contributed by atoms with Gasteiger partial charge in [0.1, 0.15) is 0 Å². The molecule has 0 aromatic carbocycles. The van der Waals surface area contributed by atoms with E-state index in [1.165, 1.54) is 20.3 Å². The highest BCUT2D eigenvalue weighted by Crippen LogP contribution is 2.15. The van der Waals surface area contributed by atoms with Gasteiger partial charge < -0.3 is 9.47 Å². The Labute approximate surface area is 77.2 Å². The van der Waals surface area contributed by atoms with Gasteiger partial charge in [-0.15, -0.1) is 0 Å². The van der Waals surface area contributed by atoms with Crippen LogP contribution in [0.15, 0.2) is 11.2 Å². The Balaban J connectivity index is 3.14. The van der Waals surface area contributed by atoms with Crippen LogP contribution in [0.1, 0.15) is 0 Å². The molecule has 0 saturated heterocycles. The van der Waals surface area contributed by atoms with E-state index in [1.54, 1.807) is 0 Å². The fraction of sp³-hybridized carbons (Fsp3) is 0.333. The van der Waals surface area contributed by atoms with E-state index in [0.29, 0.717) is 0 Å². The number of methoxy groups -OCH3 is 2. The molecule has 1 aromatic rings. The predicted octanol–water partition coefficient (Wildman–Crippen LogP) is 0.0744. The molecule has 0 spiro atoms. The molecule has 72 valence electrons. The maximum atomic E-state index is 10.6. The molecule has 6 nitrogen and oxygen atoms in total. The zero-order valence-corrected chi connectivity index (χ0v) is 7.87. The third-order valence-corrected chi connectivity index (χ3v) is 1.73. The number of hydrogen-bond donors (Lipinski definition) is 1. The summed E-state index contributed by atoms with van der Waals surface area (Å²) in [6.45, 7) is 0. The van der Waals surface area contributed by atoms with Crippen molar-refractivity contribution < 1.29 is 18.2 Å². The van der Waals surface area contributed by atoms with Gasteiger partial charge in [0.2, 0.25) is 22.8 Å². The van der Waals surface area contributed by atoms with Crippen molar-refractivity contribution in [1.82, 2.24) is 9.97 Å². The van der Waals surface area contributed by atoms with E-state index in [-0.39, 0.29) is 16.9 Å². The highest BCUT2D eigenvalue weighted by Gasteiger charge is 2.09. The number of nitrogens with zero attached hydrogens (tertiary/aromatic N) is 2. The van der Waals surface area contributed by atoms with Crippen molar-refractivity contribution in [2.45, 2.75) is 5.16 Å². The normalized spacial score (nSPS) is 12.2. The predicted molar refractivity (Wildman–Crippen MR) is 44.2 cm³/mol. The molecule has 0 aliphatic carbocycles. The molecule has 1 aromatic heterocycles. The van der Waals surface area contributed by atoms with Gasteiger partial charge >= 0.3 is 0 Å². The second-order valence-electron chi connectivity index (χ2n) is 1.98. The fourth-order valence-electron chi connectivity index (χ4n) is 0.671. The number of rotatable bonds is 3. The third-order valence-electron chi connectivity index (χ3n) is 1.23. The van der Waals surface area contributed by atoms with E-state index < -0.39 is 11.1 Å². The van der Waals surface area contributed by atoms with E-state index in [2.05, 4.69) is 9.97 Å². The summed E-state index contributed by atoms with van der Waals surface area (Å²) in [5, 5.41) is -0.240. The Morgan fingerprint density at radius 3 is 2.08 bits per heavy atom. The van der Waals surface area contributed by atoms with Crippen molar-refractivity contribution in [2.24, 2.45) is 0 Å². The summed E-state index contributed by atoms with van der Waals surface area (Å²) in [6.07, 6.45) is 0. The molecular formula is C6H8N2O4S. The number of hydrogen-bond acceptors (Lipinski definition) is 5. The maximum Gasteiger partial charge on any atom is 0.253 e. The lowest BCUT2D eigenvalue weighted by atomic mass is 10.6. The van der Waals surface area contributed by atoms with Crippen LogP contribution in [-0.2, 0) is 11.1 Å². The summed E-state index contributed by atoms with van der Waals surface area (Å²) >= 11 is -2.23. The lowest BCUT2D eigenvalue weighted by Gasteiger charge is -2.02. The molecule has 0 aliphatic rings. The minimum atomic E-state index is -2.23. The van der Waals surface area contributed by atoms with Crippen LogP contribution in [0.5, 0.6) is 11.8 Å². The number of aromatic nitrogens is 2. The Hall–Kier alpha value is -1.21. The van der Waals surface area contributed by atoms with Gasteiger partial charge in [0.05, 0.1) is 20.3 Å². The standard InChI is InChI=1S/C6H8N2O4S/c1-11-4-3-5(12-2)8-6(7-4)13(9)10/h3H,1-2H3,(H,9,10). The number of ether oxygens (including phenoxy) is 2. The first kappa shape index (κ1) is 9.87. The first-order valence-electron chi connectivity index (χ1n) is 3.25. The first-order chi connectivity index (χ1) is 6.17. The van der Waals surface area contributed by atoms with Crippen LogP contribution in [0.3, 0.4) is 0 Å². The Kier molecular flexibility index (Phi) is 3.15. The quantitative estimate of drug-likeness (QED) is 0.554. The molecule has 1 unspecified atom stereocenters. The molecule has 0 amide bonds. The third kappa shape index (κ3) is 2.36. The lowest BCUT2D eigenvalue weighted by Crippen LogP contribution is -2.01. The monoisotopic (exact) mass is 204 g/mol. The summed E-state index contributed by atoms with van der Waals surface area (Å²) in [6, 6.07) is 1.41. The maximum absolute atomic E-state index is 10.6. The molecule has 1 atom stereocenters. The van der Waals surface area contributed by atoms with Crippen LogP contribution >= 0.6 is 0 Å². The Morgan fingerprint density at radius 2 is 1.77 bits per heavy atom. The molecule has 7 heteroatoms. The van der Waals surface area contributed by atoms with Crippen molar-refractivity contribution in [3.05, 3.63) is 6.07 Å². The minimum absolute atomic E-state index is 0.184. The van der Waals surface area contributed by atoms with Crippen LogP contribution < -0.4 is 9.47 Å². The molecule has 0 saturated carbocycles. The van der Waals surface area contributed by atoms with Gasteiger partial charge in [-0.1, -0.05) is 0 Å². The van der Waals surface area contributed by atoms with Crippen molar-refractivity contribution >= 4 is 11.1 Å². The lowest BCUT2D eigenvalue weighted by molar-refractivity contribution is 0.362. The zero-order chi connectivity index (χ0) is 9.84. The topological polar surface area (TPSA) is 81.5 Å². The Bertz CT molecular complexity index is 308. The first-order valence-corrected chi connectivity index (χ1v) is 4.36. The molecular weight excluding hydrogens is 196 g/mol. The van der Waals surface area contributed by atoms with Gasteiger partial charge in [-0.2, -0.15) is 9.97 Å². The van der Waals surface area contributed by atoms with Gasteiger partial charge in [0.25, 0.3) is 5.16 Å². The van der Waals surface area contributed by atoms with E-state index in [9.17, 15) is 4.21 Å². The summed E-state index contributed by atoms with van der Waals surface area (Å²) < 4.78 is 28.9. The summed E-state index contributed by atoms with van der Waals surface area (Å²) in [4.78, 5) is 7.27. The van der Waals surface area contributed by atoms with Crippen LogP contribution in [0, 0.1) is 0 Å². The largest absolute Gasteiger partial charge is 0.481 e. The molecule has 13 heavy (non-hydrogen) atoms. The smallest absolute Gasteiger partial charge is 0.253 e. The van der Waals surface area contributed by atoms with Crippen molar-refractivity contribution in [3.63, 3.8) is 0 Å². The van der Waals surface area contributed by atoms with Crippen LogP contribution in [0.25, 0.3) is 0 Å². The highest BCUT2D eigenvalue weighted by atomic mass is 32.2. The van der Waals surface area contributed by atoms with Crippen molar-refractivity contribution in [1.29, 1.82) is 0 Å². The summed E-state index contributed by atoms with van der Waals surface area (Å²) in [5.74, 6) is 0.369. The molecule has 0 bridgehead atoms. The molecule has 1 heterocycles. The van der Waals surface area contributed by atoms with Gasteiger partial charge in [0, 0.05) is 0 Å². The van der Waals surface area contributed by atoms with Crippen molar-refractivity contribution in [3.8, 4) is 11.8 Å². The van der Waals surface area contributed by atoms with Gasteiger partial charge in [0.15, 0.2) is 0 Å². The summed E-state index contributed by atoms with van der Waals surface area (Å²) in [5.41, 5.74) is 0.